The Hall–Kier alpha value is -2.91. The number of ether oxygens (including phenoxy) is 1. The van der Waals surface area contributed by atoms with Crippen LogP contribution in [0.25, 0.3) is 0 Å². The molecule has 0 saturated heterocycles. The number of halogens is 1. The molecule has 1 atom stereocenters. The quantitative estimate of drug-likeness (QED) is 0.353. The number of nitrogens with zero attached hydrogens (tertiary/aromatic N) is 2. The largest absolute Gasteiger partial charge is 0.450 e. The molecule has 2 rings (SSSR count). The maximum Gasteiger partial charge on any atom is 0.412 e. The zero-order valence-electron chi connectivity index (χ0n) is 14.5. The maximum atomic E-state index is 11.5. The first-order chi connectivity index (χ1) is 12.9. The van der Waals surface area contributed by atoms with Crippen LogP contribution in [0.15, 0.2) is 36.4 Å². The Kier molecular flexibility index (Phi) is 7.33. The highest BCUT2D eigenvalue weighted by Crippen LogP contribution is 2.33. The number of aromatic nitrogens is 1. The number of aliphatic hydroxyl groups is 1. The Bertz CT molecular complexity index is 803. The van der Waals surface area contributed by atoms with Crippen LogP contribution in [0, 0.1) is 10.1 Å². The van der Waals surface area contributed by atoms with Gasteiger partial charge in [-0.3, -0.25) is 15.4 Å². The van der Waals surface area contributed by atoms with Gasteiger partial charge in [0.05, 0.1) is 17.6 Å². The molecule has 0 aliphatic heterocycles. The van der Waals surface area contributed by atoms with Gasteiger partial charge in [-0.1, -0.05) is 41.9 Å². The summed E-state index contributed by atoms with van der Waals surface area (Å²) in [6.45, 7) is 2.03. The molecule has 0 spiro atoms. The molecule has 9 nitrogen and oxygen atoms in total. The zero-order chi connectivity index (χ0) is 19.8. The van der Waals surface area contributed by atoms with Crippen LogP contribution in [-0.4, -0.2) is 34.3 Å². The Morgan fingerprint density at radius 1 is 1.41 bits per heavy atom. The number of benzene rings is 1. The molecule has 144 valence electrons. The zero-order valence-corrected chi connectivity index (χ0v) is 15.3. The van der Waals surface area contributed by atoms with E-state index in [2.05, 4.69) is 15.6 Å². The van der Waals surface area contributed by atoms with Crippen molar-refractivity contribution in [3.8, 4) is 0 Å². The molecular weight excluding hydrogens is 376 g/mol. The maximum absolute atomic E-state index is 11.5. The SMILES string of the molecule is CCOC(=O)Nc1cc(NCCC(O)c2ccccc2)c([N+](=O)[O-])c(Cl)n1. The van der Waals surface area contributed by atoms with Crippen molar-refractivity contribution >= 4 is 34.9 Å². The van der Waals surface area contributed by atoms with Crippen LogP contribution in [-0.2, 0) is 4.74 Å². The fraction of sp³-hybridized carbons (Fsp3) is 0.294. The van der Waals surface area contributed by atoms with Gasteiger partial charge in [-0.15, -0.1) is 0 Å². The molecule has 27 heavy (non-hydrogen) atoms. The number of hydrogen-bond acceptors (Lipinski definition) is 7. The van der Waals surface area contributed by atoms with Gasteiger partial charge in [0.2, 0.25) is 5.15 Å². The van der Waals surface area contributed by atoms with E-state index in [-0.39, 0.29) is 29.8 Å². The van der Waals surface area contributed by atoms with Crippen LogP contribution in [0.5, 0.6) is 0 Å². The number of nitrogens with one attached hydrogen (secondary N) is 2. The first-order valence-electron chi connectivity index (χ1n) is 8.18. The van der Waals surface area contributed by atoms with E-state index in [4.69, 9.17) is 16.3 Å². The van der Waals surface area contributed by atoms with E-state index in [1.54, 1.807) is 19.1 Å². The average molecular weight is 395 g/mol. The molecule has 0 fully saturated rings. The molecule has 2 aromatic rings. The molecule has 0 aliphatic carbocycles. The summed E-state index contributed by atoms with van der Waals surface area (Å²) in [6.07, 6.45) is -1.17. The van der Waals surface area contributed by atoms with Crippen molar-refractivity contribution in [2.75, 3.05) is 23.8 Å². The number of rotatable bonds is 8. The number of aliphatic hydroxyl groups excluding tert-OH is 1. The van der Waals surface area contributed by atoms with Gasteiger partial charge >= 0.3 is 11.8 Å². The van der Waals surface area contributed by atoms with Crippen molar-refractivity contribution in [2.45, 2.75) is 19.4 Å². The molecule has 0 aliphatic rings. The molecule has 1 amide bonds. The Balaban J connectivity index is 2.11. The van der Waals surface area contributed by atoms with Crippen LogP contribution in [0.1, 0.15) is 25.0 Å². The van der Waals surface area contributed by atoms with Crippen LogP contribution in [0.2, 0.25) is 5.15 Å². The van der Waals surface area contributed by atoms with Gasteiger partial charge < -0.3 is 15.2 Å². The first kappa shape index (κ1) is 20.4. The lowest BCUT2D eigenvalue weighted by Crippen LogP contribution is -2.15. The summed E-state index contributed by atoms with van der Waals surface area (Å²) in [6, 6.07) is 10.3. The second-order valence-electron chi connectivity index (χ2n) is 5.44. The lowest BCUT2D eigenvalue weighted by atomic mass is 10.1. The van der Waals surface area contributed by atoms with E-state index in [1.165, 1.54) is 6.07 Å². The molecule has 0 saturated carbocycles. The third-order valence-corrected chi connectivity index (χ3v) is 3.82. The van der Waals surface area contributed by atoms with E-state index in [1.807, 2.05) is 18.2 Å². The van der Waals surface area contributed by atoms with Gasteiger partial charge in [-0.25, -0.2) is 9.78 Å². The molecule has 3 N–H and O–H groups in total. The highest BCUT2D eigenvalue weighted by atomic mass is 35.5. The van der Waals surface area contributed by atoms with Crippen molar-refractivity contribution in [3.63, 3.8) is 0 Å². The van der Waals surface area contributed by atoms with Crippen molar-refractivity contribution in [3.05, 3.63) is 57.2 Å². The number of pyridine rings is 1. The number of amides is 1. The summed E-state index contributed by atoms with van der Waals surface area (Å²) in [7, 11) is 0. The van der Waals surface area contributed by atoms with Crippen molar-refractivity contribution in [2.24, 2.45) is 0 Å². The average Bonchev–Trinajstić information content (AvgIpc) is 2.61. The minimum absolute atomic E-state index is 0.00941. The number of anilines is 2. The minimum Gasteiger partial charge on any atom is -0.450 e. The molecular formula is C17H19ClN4O5. The number of carbonyl (C=O) groups excluding carboxylic acids is 1. The fourth-order valence-electron chi connectivity index (χ4n) is 2.34. The summed E-state index contributed by atoms with van der Waals surface area (Å²) >= 11 is 5.89. The van der Waals surface area contributed by atoms with Crippen LogP contribution in [0.3, 0.4) is 0 Å². The highest BCUT2D eigenvalue weighted by Gasteiger charge is 2.23. The predicted octanol–water partition coefficient (Wildman–Crippen LogP) is 3.75. The van der Waals surface area contributed by atoms with Crippen molar-refractivity contribution < 1.29 is 19.6 Å². The van der Waals surface area contributed by atoms with E-state index < -0.39 is 22.8 Å². The molecule has 1 aromatic carbocycles. The number of hydrogen-bond donors (Lipinski definition) is 3. The predicted molar refractivity (Wildman–Crippen MR) is 101 cm³/mol. The third-order valence-electron chi connectivity index (χ3n) is 3.56. The summed E-state index contributed by atoms with van der Waals surface area (Å²) in [5, 5.41) is 26.3. The molecule has 1 unspecified atom stereocenters. The lowest BCUT2D eigenvalue weighted by molar-refractivity contribution is -0.384. The van der Waals surface area contributed by atoms with Gasteiger partial charge in [0.25, 0.3) is 0 Å². The molecule has 0 radical (unpaired) electrons. The summed E-state index contributed by atoms with van der Waals surface area (Å²) in [4.78, 5) is 25.9. The van der Waals surface area contributed by atoms with E-state index in [0.29, 0.717) is 6.42 Å². The van der Waals surface area contributed by atoms with Crippen LogP contribution >= 0.6 is 11.6 Å². The summed E-state index contributed by atoms with van der Waals surface area (Å²) in [5.74, 6) is 0.00941. The number of nitro groups is 1. The lowest BCUT2D eigenvalue weighted by Gasteiger charge is -2.13. The second kappa shape index (κ2) is 9.70. The summed E-state index contributed by atoms with van der Waals surface area (Å²) in [5.41, 5.74) is 0.401. The van der Waals surface area contributed by atoms with Crippen molar-refractivity contribution in [1.82, 2.24) is 4.98 Å². The van der Waals surface area contributed by atoms with Gasteiger partial charge in [0.1, 0.15) is 11.5 Å². The monoisotopic (exact) mass is 394 g/mol. The van der Waals surface area contributed by atoms with Gasteiger partial charge in [-0.05, 0) is 18.9 Å². The number of carbonyl (C=O) groups is 1. The van der Waals surface area contributed by atoms with Crippen molar-refractivity contribution in [1.29, 1.82) is 0 Å². The van der Waals surface area contributed by atoms with Gasteiger partial charge in [0.15, 0.2) is 0 Å². The normalized spacial score (nSPS) is 11.5. The second-order valence-corrected chi connectivity index (χ2v) is 5.80. The van der Waals surface area contributed by atoms with E-state index in [9.17, 15) is 20.0 Å². The topological polar surface area (TPSA) is 127 Å². The van der Waals surface area contributed by atoms with Gasteiger partial charge in [0, 0.05) is 12.6 Å². The van der Waals surface area contributed by atoms with Gasteiger partial charge in [-0.2, -0.15) is 0 Å². The molecule has 10 heteroatoms. The molecule has 1 heterocycles. The minimum atomic E-state index is -0.750. The molecule has 0 bridgehead atoms. The third kappa shape index (κ3) is 5.80. The Morgan fingerprint density at radius 2 is 2.11 bits per heavy atom. The summed E-state index contributed by atoms with van der Waals surface area (Å²) < 4.78 is 4.74. The first-order valence-corrected chi connectivity index (χ1v) is 8.55. The smallest absolute Gasteiger partial charge is 0.412 e. The van der Waals surface area contributed by atoms with E-state index >= 15 is 0 Å². The van der Waals surface area contributed by atoms with E-state index in [0.717, 1.165) is 5.56 Å². The standard InChI is InChI=1S/C17H19ClN4O5/c1-2-27-17(24)21-14-10-12(15(22(25)26)16(18)20-14)19-9-8-13(23)11-6-4-3-5-7-11/h3-7,10,13,23H,2,8-9H2,1H3,(H2,19,20,21,24). The highest BCUT2D eigenvalue weighted by molar-refractivity contribution is 6.32. The van der Waals surface area contributed by atoms with Crippen LogP contribution in [0.4, 0.5) is 22.0 Å². The Labute approximate surface area is 160 Å². The molecule has 1 aromatic heterocycles. The Morgan fingerprint density at radius 3 is 2.74 bits per heavy atom. The van der Waals surface area contributed by atoms with Crippen LogP contribution < -0.4 is 10.6 Å². The fourth-order valence-corrected chi connectivity index (χ4v) is 2.60.